The molecule has 29 heavy (non-hydrogen) atoms. The first-order valence-electron chi connectivity index (χ1n) is 10.1. The van der Waals surface area contributed by atoms with Crippen LogP contribution in [0.1, 0.15) is 55.9 Å². The molecule has 1 aromatic heterocycles. The number of aryl methyl sites for hydroxylation is 1. The number of benzene rings is 2. The molecule has 0 aliphatic carbocycles. The van der Waals surface area contributed by atoms with Crippen LogP contribution in [0.25, 0.3) is 10.9 Å². The maximum absolute atomic E-state index is 12.2. The number of methoxy groups -OCH3 is 1. The number of rotatable bonds is 6. The molecule has 4 nitrogen and oxygen atoms in total. The van der Waals surface area contributed by atoms with Gasteiger partial charge in [0.05, 0.1) is 18.6 Å². The summed E-state index contributed by atoms with van der Waals surface area (Å²) in [4.78, 5) is 15.2. The SMILES string of the molecule is CCc1cc2ccc(C(C)(C#N)Cc3cc(C(C)C)ccc3OC)cc2[nH]c1=O. The fourth-order valence-electron chi connectivity index (χ4n) is 3.73. The second-order valence-corrected chi connectivity index (χ2v) is 8.13. The molecular weight excluding hydrogens is 360 g/mol. The van der Waals surface area contributed by atoms with E-state index in [1.165, 1.54) is 5.56 Å². The number of hydrogen-bond acceptors (Lipinski definition) is 3. The van der Waals surface area contributed by atoms with E-state index in [9.17, 15) is 10.1 Å². The number of aromatic nitrogens is 1. The number of nitrogens with zero attached hydrogens (tertiary/aromatic N) is 1. The molecule has 0 saturated carbocycles. The summed E-state index contributed by atoms with van der Waals surface area (Å²) in [5.74, 6) is 1.18. The highest BCUT2D eigenvalue weighted by molar-refractivity contribution is 5.80. The van der Waals surface area contributed by atoms with E-state index in [0.717, 1.165) is 33.3 Å². The highest BCUT2D eigenvalue weighted by Gasteiger charge is 2.29. The van der Waals surface area contributed by atoms with Gasteiger partial charge in [0.25, 0.3) is 5.56 Å². The third kappa shape index (κ3) is 4.05. The average Bonchev–Trinajstić information content (AvgIpc) is 2.72. The molecule has 1 atom stereocenters. The first-order valence-corrected chi connectivity index (χ1v) is 10.1. The van der Waals surface area contributed by atoms with Crippen LogP contribution in [0, 0.1) is 11.3 Å². The fourth-order valence-corrected chi connectivity index (χ4v) is 3.73. The Morgan fingerprint density at radius 1 is 1.14 bits per heavy atom. The van der Waals surface area contributed by atoms with Gasteiger partial charge in [-0.25, -0.2) is 0 Å². The smallest absolute Gasteiger partial charge is 0.251 e. The minimum absolute atomic E-state index is 0.0675. The van der Waals surface area contributed by atoms with Crippen molar-refractivity contribution in [1.29, 1.82) is 5.26 Å². The number of hydrogen-bond donors (Lipinski definition) is 1. The van der Waals surface area contributed by atoms with Gasteiger partial charge >= 0.3 is 0 Å². The van der Waals surface area contributed by atoms with Crippen LogP contribution < -0.4 is 10.3 Å². The molecule has 0 spiro atoms. The second kappa shape index (κ2) is 8.13. The summed E-state index contributed by atoms with van der Waals surface area (Å²) in [6.45, 7) is 8.21. The van der Waals surface area contributed by atoms with Crippen molar-refractivity contribution in [2.45, 2.75) is 51.9 Å². The number of aromatic amines is 1. The predicted octanol–water partition coefficient (Wildman–Crippen LogP) is 5.25. The number of ether oxygens (including phenoxy) is 1. The molecule has 3 aromatic rings. The van der Waals surface area contributed by atoms with E-state index in [2.05, 4.69) is 37.0 Å². The highest BCUT2D eigenvalue weighted by atomic mass is 16.5. The fraction of sp³-hybridized carbons (Fsp3) is 0.360. The average molecular weight is 389 g/mol. The van der Waals surface area contributed by atoms with Crippen LogP contribution in [0.15, 0.2) is 47.3 Å². The zero-order valence-corrected chi connectivity index (χ0v) is 17.8. The van der Waals surface area contributed by atoms with Crippen LogP contribution in [-0.2, 0) is 18.3 Å². The Hall–Kier alpha value is -3.06. The summed E-state index contributed by atoms with van der Waals surface area (Å²) in [5.41, 5.74) is 3.81. The normalized spacial score (nSPS) is 13.3. The van der Waals surface area contributed by atoms with Gasteiger partial charge in [0.1, 0.15) is 5.75 Å². The third-order valence-corrected chi connectivity index (χ3v) is 5.70. The topological polar surface area (TPSA) is 65.9 Å². The number of fused-ring (bicyclic) bond motifs is 1. The summed E-state index contributed by atoms with van der Waals surface area (Å²) >= 11 is 0. The Bertz CT molecular complexity index is 1140. The van der Waals surface area contributed by atoms with Gasteiger partial charge in [-0.2, -0.15) is 5.26 Å². The van der Waals surface area contributed by atoms with Crippen molar-refractivity contribution < 1.29 is 4.74 Å². The molecular formula is C25H28N2O2. The minimum Gasteiger partial charge on any atom is -0.496 e. The molecule has 0 saturated heterocycles. The molecule has 0 radical (unpaired) electrons. The van der Waals surface area contributed by atoms with Crippen molar-refractivity contribution in [3.05, 3.63) is 75.1 Å². The molecule has 150 valence electrons. The number of nitriles is 1. The number of pyridine rings is 1. The van der Waals surface area contributed by atoms with Gasteiger partial charge in [0.15, 0.2) is 0 Å². The van der Waals surface area contributed by atoms with Gasteiger partial charge < -0.3 is 9.72 Å². The Morgan fingerprint density at radius 3 is 2.52 bits per heavy atom. The lowest BCUT2D eigenvalue weighted by Crippen LogP contribution is -2.23. The van der Waals surface area contributed by atoms with E-state index < -0.39 is 5.41 Å². The third-order valence-electron chi connectivity index (χ3n) is 5.70. The second-order valence-electron chi connectivity index (χ2n) is 8.13. The molecule has 0 amide bonds. The molecule has 0 bridgehead atoms. The maximum Gasteiger partial charge on any atom is 0.251 e. The highest BCUT2D eigenvalue weighted by Crippen LogP contribution is 2.34. The Labute approximate surface area is 172 Å². The molecule has 0 aliphatic heterocycles. The number of nitrogens with one attached hydrogen (secondary N) is 1. The lowest BCUT2D eigenvalue weighted by atomic mass is 9.77. The Balaban J connectivity index is 2.07. The van der Waals surface area contributed by atoms with E-state index in [0.29, 0.717) is 18.8 Å². The van der Waals surface area contributed by atoms with E-state index in [1.54, 1.807) is 7.11 Å². The van der Waals surface area contributed by atoms with Crippen LogP contribution in [0.4, 0.5) is 0 Å². The van der Waals surface area contributed by atoms with Crippen LogP contribution in [0.3, 0.4) is 0 Å². The van der Waals surface area contributed by atoms with Crippen LogP contribution >= 0.6 is 0 Å². The lowest BCUT2D eigenvalue weighted by molar-refractivity contribution is 0.405. The number of H-pyrrole nitrogens is 1. The van der Waals surface area contributed by atoms with Gasteiger partial charge in [-0.1, -0.05) is 45.0 Å². The molecule has 0 aliphatic rings. The largest absolute Gasteiger partial charge is 0.496 e. The monoisotopic (exact) mass is 388 g/mol. The van der Waals surface area contributed by atoms with E-state index >= 15 is 0 Å². The minimum atomic E-state index is -0.753. The van der Waals surface area contributed by atoms with Gasteiger partial charge in [0, 0.05) is 11.1 Å². The van der Waals surface area contributed by atoms with Crippen LogP contribution in [0.5, 0.6) is 5.75 Å². The molecule has 3 rings (SSSR count). The molecule has 1 N–H and O–H groups in total. The Morgan fingerprint density at radius 2 is 1.90 bits per heavy atom. The van der Waals surface area contributed by atoms with E-state index in [-0.39, 0.29) is 5.56 Å². The van der Waals surface area contributed by atoms with E-state index in [1.807, 2.05) is 44.2 Å². The summed E-state index contributed by atoms with van der Waals surface area (Å²) in [6.07, 6.45) is 1.21. The maximum atomic E-state index is 12.2. The molecule has 1 heterocycles. The predicted molar refractivity (Wildman–Crippen MR) is 118 cm³/mol. The zero-order chi connectivity index (χ0) is 21.2. The molecule has 2 aromatic carbocycles. The standard InChI is InChI=1S/C25H28N2O2/c1-6-17-11-19-7-9-21(13-22(19)27-24(17)28)25(4,15-26)14-20-12-18(16(2)3)8-10-23(20)29-5/h7-13,16H,6,14H2,1-5H3,(H,27,28). The van der Waals surface area contributed by atoms with Gasteiger partial charge in [-0.15, -0.1) is 0 Å². The first kappa shape index (κ1) is 20.7. The summed E-state index contributed by atoms with van der Waals surface area (Å²) in [7, 11) is 1.66. The van der Waals surface area contributed by atoms with Crippen molar-refractivity contribution in [3.8, 4) is 11.8 Å². The van der Waals surface area contributed by atoms with Crippen molar-refractivity contribution in [3.63, 3.8) is 0 Å². The van der Waals surface area contributed by atoms with Gasteiger partial charge in [-0.05, 0) is 66.0 Å². The van der Waals surface area contributed by atoms with Crippen molar-refractivity contribution in [2.75, 3.05) is 7.11 Å². The molecule has 0 fully saturated rings. The Kier molecular flexibility index (Phi) is 5.79. The summed E-state index contributed by atoms with van der Waals surface area (Å²) in [5, 5.41) is 11.1. The van der Waals surface area contributed by atoms with Crippen molar-refractivity contribution in [1.82, 2.24) is 4.98 Å². The van der Waals surface area contributed by atoms with Gasteiger partial charge in [-0.3, -0.25) is 4.79 Å². The summed E-state index contributed by atoms with van der Waals surface area (Å²) in [6, 6.07) is 16.5. The van der Waals surface area contributed by atoms with Crippen molar-refractivity contribution >= 4 is 10.9 Å². The van der Waals surface area contributed by atoms with Crippen LogP contribution in [-0.4, -0.2) is 12.1 Å². The quantitative estimate of drug-likeness (QED) is 0.627. The van der Waals surface area contributed by atoms with E-state index in [4.69, 9.17) is 4.74 Å². The lowest BCUT2D eigenvalue weighted by Gasteiger charge is -2.24. The molecule has 4 heteroatoms. The first-order chi connectivity index (χ1) is 13.8. The van der Waals surface area contributed by atoms with Crippen LogP contribution in [0.2, 0.25) is 0 Å². The van der Waals surface area contributed by atoms with Gasteiger partial charge in [0.2, 0.25) is 0 Å². The zero-order valence-electron chi connectivity index (χ0n) is 17.8. The van der Waals surface area contributed by atoms with Crippen molar-refractivity contribution in [2.24, 2.45) is 0 Å². The summed E-state index contributed by atoms with van der Waals surface area (Å²) < 4.78 is 5.56. The molecule has 1 unspecified atom stereocenters.